The Morgan fingerprint density at radius 1 is 1.20 bits per heavy atom. The van der Waals surface area contributed by atoms with Gasteiger partial charge in [-0.05, 0) is 12.0 Å². The minimum Gasteiger partial charge on any atom is -0.293 e. The van der Waals surface area contributed by atoms with Crippen molar-refractivity contribution in [3.63, 3.8) is 0 Å². The first-order valence-corrected chi connectivity index (χ1v) is 8.82. The third-order valence-electron chi connectivity index (χ3n) is 4.90. The van der Waals surface area contributed by atoms with E-state index in [9.17, 15) is 4.79 Å². The van der Waals surface area contributed by atoms with Gasteiger partial charge < -0.3 is 0 Å². The van der Waals surface area contributed by atoms with E-state index in [2.05, 4.69) is 55.0 Å². The van der Waals surface area contributed by atoms with Gasteiger partial charge in [-0.25, -0.2) is 9.50 Å². The maximum absolute atomic E-state index is 12.9. The molecule has 0 radical (unpaired) electrons. The summed E-state index contributed by atoms with van der Waals surface area (Å²) in [5, 5.41) is 3.23. The Bertz CT molecular complexity index is 963. The Hall–Kier alpha value is -2.40. The molecule has 3 heterocycles. The third-order valence-corrected chi connectivity index (χ3v) is 4.90. The Kier molecular flexibility index (Phi) is 3.76. The third kappa shape index (κ3) is 3.00. The lowest BCUT2D eigenvalue weighted by atomic mass is 9.93. The van der Waals surface area contributed by atoms with Crippen molar-refractivity contribution < 1.29 is 0 Å². The van der Waals surface area contributed by atoms with Crippen molar-refractivity contribution in [3.8, 4) is 0 Å². The van der Waals surface area contributed by atoms with E-state index in [-0.39, 0.29) is 11.0 Å². The van der Waals surface area contributed by atoms with Crippen LogP contribution < -0.4 is 5.56 Å². The van der Waals surface area contributed by atoms with Gasteiger partial charge in [-0.1, -0.05) is 51.1 Å². The van der Waals surface area contributed by atoms with Crippen LogP contribution in [0.25, 0.3) is 5.65 Å². The highest BCUT2D eigenvalue weighted by Crippen LogP contribution is 2.22. The van der Waals surface area contributed by atoms with E-state index in [1.807, 2.05) is 12.1 Å². The quantitative estimate of drug-likeness (QED) is 0.783. The van der Waals surface area contributed by atoms with E-state index in [1.54, 1.807) is 4.52 Å². The molecule has 0 bridgehead atoms. The molecule has 2 aromatic heterocycles. The molecule has 0 saturated heterocycles. The fraction of sp³-hybridized carbons (Fsp3) is 0.400. The normalized spacial score (nSPS) is 15.5. The molecular formula is C20H24N4O. The van der Waals surface area contributed by atoms with Crippen molar-refractivity contribution in [3.05, 3.63) is 69.3 Å². The molecule has 1 aliphatic rings. The lowest BCUT2D eigenvalue weighted by molar-refractivity contribution is 0.240. The topological polar surface area (TPSA) is 53.4 Å². The van der Waals surface area contributed by atoms with Crippen molar-refractivity contribution >= 4 is 5.65 Å². The van der Waals surface area contributed by atoms with E-state index in [1.165, 1.54) is 5.56 Å². The summed E-state index contributed by atoms with van der Waals surface area (Å²) in [7, 11) is 0. The molecule has 0 unspecified atom stereocenters. The first kappa shape index (κ1) is 16.1. The molecule has 130 valence electrons. The molecule has 0 spiro atoms. The molecule has 0 saturated carbocycles. The fourth-order valence-corrected chi connectivity index (χ4v) is 3.41. The summed E-state index contributed by atoms with van der Waals surface area (Å²) in [6.45, 7) is 8.89. The van der Waals surface area contributed by atoms with Gasteiger partial charge in [-0.2, -0.15) is 0 Å². The lowest BCUT2D eigenvalue weighted by Gasteiger charge is -2.27. The summed E-state index contributed by atoms with van der Waals surface area (Å²) in [6.07, 6.45) is 0.751. The molecule has 5 nitrogen and oxygen atoms in total. The minimum absolute atomic E-state index is 0.0417. The van der Waals surface area contributed by atoms with Crippen LogP contribution >= 0.6 is 0 Å². The molecular weight excluding hydrogens is 312 g/mol. The van der Waals surface area contributed by atoms with Crippen LogP contribution in [0.4, 0.5) is 0 Å². The predicted molar refractivity (Wildman–Crippen MR) is 98.8 cm³/mol. The van der Waals surface area contributed by atoms with Crippen molar-refractivity contribution in [2.45, 2.75) is 45.7 Å². The smallest absolute Gasteiger partial charge is 0.276 e. The number of H-pyrrole nitrogens is 1. The molecule has 3 aromatic rings. The Morgan fingerprint density at radius 3 is 2.68 bits per heavy atom. The van der Waals surface area contributed by atoms with Crippen LogP contribution in [-0.4, -0.2) is 26.0 Å². The minimum atomic E-state index is -0.0417. The van der Waals surface area contributed by atoms with Gasteiger partial charge in [-0.3, -0.25) is 14.8 Å². The van der Waals surface area contributed by atoms with E-state index >= 15 is 0 Å². The molecule has 1 aromatic carbocycles. The van der Waals surface area contributed by atoms with Crippen LogP contribution in [0.2, 0.25) is 0 Å². The highest BCUT2D eigenvalue weighted by Gasteiger charge is 2.24. The van der Waals surface area contributed by atoms with Crippen molar-refractivity contribution in [1.29, 1.82) is 0 Å². The molecule has 4 rings (SSSR count). The van der Waals surface area contributed by atoms with Crippen molar-refractivity contribution in [2.24, 2.45) is 0 Å². The number of hydrogen-bond acceptors (Lipinski definition) is 3. The molecule has 0 aliphatic carbocycles. The van der Waals surface area contributed by atoms with Gasteiger partial charge in [0.05, 0.1) is 5.69 Å². The van der Waals surface area contributed by atoms with Gasteiger partial charge >= 0.3 is 0 Å². The second-order valence-corrected chi connectivity index (χ2v) is 7.90. The second kappa shape index (κ2) is 5.85. The average Bonchev–Trinajstić information content (AvgIpc) is 3.00. The van der Waals surface area contributed by atoms with Crippen LogP contribution in [0.15, 0.2) is 41.2 Å². The largest absolute Gasteiger partial charge is 0.293 e. The number of nitrogens with one attached hydrogen (secondary N) is 1. The molecule has 1 aliphatic heterocycles. The maximum Gasteiger partial charge on any atom is 0.276 e. The average molecular weight is 336 g/mol. The molecule has 0 atom stereocenters. The molecule has 0 amide bonds. The van der Waals surface area contributed by atoms with Gasteiger partial charge in [0, 0.05) is 42.4 Å². The number of fused-ring (bicyclic) bond motifs is 2. The zero-order valence-electron chi connectivity index (χ0n) is 15.0. The summed E-state index contributed by atoms with van der Waals surface area (Å²) in [5.41, 5.74) is 4.82. The predicted octanol–water partition coefficient (Wildman–Crippen LogP) is 2.88. The Morgan fingerprint density at radius 2 is 1.96 bits per heavy atom. The first-order chi connectivity index (χ1) is 11.9. The summed E-state index contributed by atoms with van der Waals surface area (Å²) >= 11 is 0. The zero-order chi connectivity index (χ0) is 17.6. The van der Waals surface area contributed by atoms with Gasteiger partial charge in [-0.15, -0.1) is 0 Å². The monoisotopic (exact) mass is 336 g/mol. The lowest BCUT2D eigenvalue weighted by Crippen LogP contribution is -2.36. The number of aromatic amines is 1. The van der Waals surface area contributed by atoms with Crippen LogP contribution in [-0.2, 0) is 24.9 Å². The van der Waals surface area contributed by atoms with E-state index in [0.29, 0.717) is 0 Å². The molecule has 25 heavy (non-hydrogen) atoms. The summed E-state index contributed by atoms with van der Waals surface area (Å²) in [5.74, 6) is 0. The second-order valence-electron chi connectivity index (χ2n) is 7.90. The van der Waals surface area contributed by atoms with E-state index in [4.69, 9.17) is 4.98 Å². The zero-order valence-corrected chi connectivity index (χ0v) is 15.0. The maximum atomic E-state index is 12.9. The number of rotatable bonds is 2. The van der Waals surface area contributed by atoms with Crippen LogP contribution in [0.5, 0.6) is 0 Å². The van der Waals surface area contributed by atoms with Crippen LogP contribution in [0.3, 0.4) is 0 Å². The standard InChI is InChI=1S/C20H24N4O/c1-20(2,3)17-11-18-21-16-13-23(12-14-7-5-4-6-8-14)10-9-15(16)19(25)24(18)22-17/h4-8,11,22H,9-10,12-13H2,1-3H3. The highest BCUT2D eigenvalue weighted by molar-refractivity contribution is 5.43. The Balaban J connectivity index is 1.68. The molecule has 0 fully saturated rings. The van der Waals surface area contributed by atoms with Gasteiger partial charge in [0.2, 0.25) is 0 Å². The number of nitrogens with zero attached hydrogens (tertiary/aromatic N) is 3. The van der Waals surface area contributed by atoms with E-state index < -0.39 is 0 Å². The van der Waals surface area contributed by atoms with Crippen molar-refractivity contribution in [2.75, 3.05) is 6.54 Å². The number of benzene rings is 1. The van der Waals surface area contributed by atoms with Gasteiger partial charge in [0.15, 0.2) is 5.65 Å². The fourth-order valence-electron chi connectivity index (χ4n) is 3.41. The number of hydrogen-bond donors (Lipinski definition) is 1. The Labute approximate surface area is 147 Å². The van der Waals surface area contributed by atoms with Crippen LogP contribution in [0, 0.1) is 0 Å². The number of aromatic nitrogens is 3. The summed E-state index contributed by atoms with van der Waals surface area (Å²) < 4.78 is 1.60. The van der Waals surface area contributed by atoms with Crippen LogP contribution in [0.1, 0.15) is 43.3 Å². The first-order valence-electron chi connectivity index (χ1n) is 8.82. The summed E-state index contributed by atoms with van der Waals surface area (Å²) in [6, 6.07) is 12.4. The molecule has 1 N–H and O–H groups in total. The summed E-state index contributed by atoms with van der Waals surface area (Å²) in [4.78, 5) is 20.0. The van der Waals surface area contributed by atoms with Gasteiger partial charge in [0.25, 0.3) is 5.56 Å². The van der Waals surface area contributed by atoms with E-state index in [0.717, 1.165) is 48.7 Å². The van der Waals surface area contributed by atoms with Crippen molar-refractivity contribution in [1.82, 2.24) is 19.5 Å². The SMILES string of the molecule is CC(C)(C)c1cc2nc3c(c(=O)n2[nH]1)CCN(Cc1ccccc1)C3. The molecule has 5 heteroatoms. The highest BCUT2D eigenvalue weighted by atomic mass is 16.1. The van der Waals surface area contributed by atoms with Gasteiger partial charge in [0.1, 0.15) is 0 Å².